The first-order valence-corrected chi connectivity index (χ1v) is 8.42. The van der Waals surface area contributed by atoms with Gasteiger partial charge in [-0.1, -0.05) is 20.3 Å². The maximum absolute atomic E-state index is 12.3. The predicted octanol–water partition coefficient (Wildman–Crippen LogP) is 3.55. The van der Waals surface area contributed by atoms with Crippen LogP contribution >= 0.6 is 0 Å². The van der Waals surface area contributed by atoms with E-state index in [0.29, 0.717) is 17.5 Å². The minimum absolute atomic E-state index is 0.155. The Labute approximate surface area is 129 Å². The molecule has 4 nitrogen and oxygen atoms in total. The van der Waals surface area contributed by atoms with Gasteiger partial charge in [-0.2, -0.15) is 0 Å². The Morgan fingerprint density at radius 1 is 1.29 bits per heavy atom. The van der Waals surface area contributed by atoms with Crippen LogP contribution in [0.15, 0.2) is 0 Å². The summed E-state index contributed by atoms with van der Waals surface area (Å²) >= 11 is 0. The van der Waals surface area contributed by atoms with E-state index in [4.69, 9.17) is 4.74 Å². The quantitative estimate of drug-likeness (QED) is 0.843. The second-order valence-corrected chi connectivity index (χ2v) is 8.29. The molecule has 0 saturated heterocycles. The maximum atomic E-state index is 12.3. The van der Waals surface area contributed by atoms with Crippen LogP contribution in [0.1, 0.15) is 66.7 Å². The van der Waals surface area contributed by atoms with Crippen molar-refractivity contribution in [3.8, 4) is 0 Å². The number of ether oxygens (including phenoxy) is 1. The van der Waals surface area contributed by atoms with Crippen LogP contribution < -0.4 is 5.32 Å². The van der Waals surface area contributed by atoms with Gasteiger partial charge in [-0.05, 0) is 51.9 Å². The third-order valence-corrected chi connectivity index (χ3v) is 4.62. The summed E-state index contributed by atoms with van der Waals surface area (Å²) in [6, 6.07) is 0.982. The lowest BCUT2D eigenvalue weighted by Crippen LogP contribution is -2.45. The summed E-state index contributed by atoms with van der Waals surface area (Å²) in [4.78, 5) is 14.2. The number of nitrogens with one attached hydrogen (secondary N) is 1. The molecule has 1 atom stereocenters. The van der Waals surface area contributed by atoms with E-state index in [2.05, 4.69) is 19.2 Å². The number of carbonyl (C=O) groups is 1. The summed E-state index contributed by atoms with van der Waals surface area (Å²) in [5.41, 5.74) is -0.0264. The highest BCUT2D eigenvalue weighted by Gasteiger charge is 2.36. The van der Waals surface area contributed by atoms with Gasteiger partial charge in [0.25, 0.3) is 0 Å². The average Bonchev–Trinajstić information content (AvgIpc) is 3.08. The van der Waals surface area contributed by atoms with Gasteiger partial charge in [-0.25, -0.2) is 4.79 Å². The van der Waals surface area contributed by atoms with Crippen LogP contribution in [0.3, 0.4) is 0 Å². The van der Waals surface area contributed by atoms with Gasteiger partial charge in [0.1, 0.15) is 5.60 Å². The van der Waals surface area contributed by atoms with Gasteiger partial charge < -0.3 is 15.0 Å². The van der Waals surface area contributed by atoms with E-state index < -0.39 is 5.60 Å². The van der Waals surface area contributed by atoms with Gasteiger partial charge in [0.2, 0.25) is 0 Å². The first-order valence-electron chi connectivity index (χ1n) is 8.42. The minimum Gasteiger partial charge on any atom is -0.444 e. The molecule has 0 bridgehead atoms. The zero-order valence-electron chi connectivity index (χ0n) is 14.4. The van der Waals surface area contributed by atoms with Gasteiger partial charge >= 0.3 is 6.09 Å². The molecule has 0 aromatic heterocycles. The topological polar surface area (TPSA) is 41.6 Å². The highest BCUT2D eigenvalue weighted by atomic mass is 16.6. The lowest BCUT2D eigenvalue weighted by molar-refractivity contribution is 0.0233. The molecule has 0 aromatic carbocycles. The van der Waals surface area contributed by atoms with Crippen molar-refractivity contribution in [2.24, 2.45) is 5.41 Å². The normalized spacial score (nSPS) is 24.9. The standard InChI is InChI=1S/C17H32N2O2/c1-16(2,3)21-15(20)19(13-8-9-13)12-11-18-14-7-6-10-17(14,4)5/h13-14,18H,6-12H2,1-5H3. The van der Waals surface area contributed by atoms with Crippen LogP contribution in [-0.4, -0.2) is 41.8 Å². The van der Waals surface area contributed by atoms with Gasteiger partial charge in [0.15, 0.2) is 0 Å². The molecule has 1 amide bonds. The van der Waals surface area contributed by atoms with E-state index in [-0.39, 0.29) is 6.09 Å². The van der Waals surface area contributed by atoms with E-state index in [9.17, 15) is 4.79 Å². The van der Waals surface area contributed by atoms with Crippen molar-refractivity contribution in [1.82, 2.24) is 10.2 Å². The van der Waals surface area contributed by atoms with Crippen molar-refractivity contribution in [1.29, 1.82) is 0 Å². The molecule has 2 aliphatic rings. The Hall–Kier alpha value is -0.770. The van der Waals surface area contributed by atoms with Crippen molar-refractivity contribution in [2.75, 3.05) is 13.1 Å². The number of amides is 1. The second-order valence-electron chi connectivity index (χ2n) is 8.29. The Kier molecular flexibility index (Phi) is 4.86. The Bertz CT molecular complexity index is 369. The summed E-state index contributed by atoms with van der Waals surface area (Å²) < 4.78 is 5.52. The van der Waals surface area contributed by atoms with Crippen LogP contribution in [0.5, 0.6) is 0 Å². The monoisotopic (exact) mass is 296 g/mol. The third kappa shape index (κ3) is 4.87. The maximum Gasteiger partial charge on any atom is 0.410 e. The first kappa shape index (κ1) is 16.6. The average molecular weight is 296 g/mol. The molecule has 0 spiro atoms. The van der Waals surface area contributed by atoms with Crippen molar-refractivity contribution < 1.29 is 9.53 Å². The van der Waals surface area contributed by atoms with Gasteiger partial charge in [-0.3, -0.25) is 0 Å². The van der Waals surface area contributed by atoms with Gasteiger partial charge in [0.05, 0.1) is 0 Å². The van der Waals surface area contributed by atoms with E-state index in [1.165, 1.54) is 19.3 Å². The number of carbonyl (C=O) groups excluding carboxylic acids is 1. The fraction of sp³-hybridized carbons (Fsp3) is 0.941. The van der Waals surface area contributed by atoms with Crippen molar-refractivity contribution in [3.63, 3.8) is 0 Å². The Balaban J connectivity index is 1.80. The van der Waals surface area contributed by atoms with Crippen LogP contribution in [0, 0.1) is 5.41 Å². The van der Waals surface area contributed by atoms with E-state index in [1.807, 2.05) is 25.7 Å². The number of hydrogen-bond donors (Lipinski definition) is 1. The summed E-state index contributed by atoms with van der Waals surface area (Å²) in [5, 5.41) is 3.65. The molecule has 2 fully saturated rings. The smallest absolute Gasteiger partial charge is 0.410 e. The van der Waals surface area contributed by atoms with E-state index in [0.717, 1.165) is 25.9 Å². The zero-order chi connectivity index (χ0) is 15.7. The molecule has 0 aromatic rings. The molecule has 122 valence electrons. The van der Waals surface area contributed by atoms with Crippen LogP contribution in [-0.2, 0) is 4.74 Å². The van der Waals surface area contributed by atoms with Crippen molar-refractivity contribution >= 4 is 6.09 Å². The Morgan fingerprint density at radius 2 is 1.95 bits per heavy atom. The van der Waals surface area contributed by atoms with E-state index >= 15 is 0 Å². The van der Waals surface area contributed by atoms with Crippen molar-refractivity contribution in [2.45, 2.75) is 84.4 Å². The Morgan fingerprint density at radius 3 is 2.43 bits per heavy atom. The molecule has 21 heavy (non-hydrogen) atoms. The lowest BCUT2D eigenvalue weighted by atomic mass is 9.87. The highest BCUT2D eigenvalue weighted by molar-refractivity contribution is 5.69. The molecule has 2 rings (SSSR count). The van der Waals surface area contributed by atoms with Crippen LogP contribution in [0.4, 0.5) is 4.79 Å². The van der Waals surface area contributed by atoms with Gasteiger partial charge in [0, 0.05) is 25.2 Å². The largest absolute Gasteiger partial charge is 0.444 e. The van der Waals surface area contributed by atoms with Crippen molar-refractivity contribution in [3.05, 3.63) is 0 Å². The minimum atomic E-state index is -0.412. The second kappa shape index (κ2) is 6.15. The molecular weight excluding hydrogens is 264 g/mol. The number of rotatable bonds is 5. The third-order valence-electron chi connectivity index (χ3n) is 4.62. The number of nitrogens with zero attached hydrogens (tertiary/aromatic N) is 1. The number of hydrogen-bond acceptors (Lipinski definition) is 3. The van der Waals surface area contributed by atoms with E-state index in [1.54, 1.807) is 0 Å². The van der Waals surface area contributed by atoms with Crippen LogP contribution in [0.2, 0.25) is 0 Å². The summed E-state index contributed by atoms with van der Waals surface area (Å²) in [6.45, 7) is 12.1. The SMILES string of the molecule is CC(C)(C)OC(=O)N(CCNC1CCCC1(C)C)C1CC1. The molecule has 1 N–H and O–H groups in total. The molecule has 0 aliphatic heterocycles. The molecule has 0 radical (unpaired) electrons. The molecule has 2 saturated carbocycles. The summed E-state index contributed by atoms with van der Waals surface area (Å²) in [7, 11) is 0. The molecule has 4 heteroatoms. The highest BCUT2D eigenvalue weighted by Crippen LogP contribution is 2.37. The molecule has 2 aliphatic carbocycles. The molecule has 0 heterocycles. The summed E-state index contributed by atoms with van der Waals surface area (Å²) in [6.07, 6.45) is 5.94. The molecule has 1 unspecified atom stereocenters. The first-order chi connectivity index (χ1) is 9.69. The van der Waals surface area contributed by atoms with Crippen LogP contribution in [0.25, 0.3) is 0 Å². The molecular formula is C17H32N2O2. The summed E-state index contributed by atoms with van der Waals surface area (Å²) in [5.74, 6) is 0. The lowest BCUT2D eigenvalue weighted by Gasteiger charge is -2.30. The fourth-order valence-corrected chi connectivity index (χ4v) is 3.19. The fourth-order valence-electron chi connectivity index (χ4n) is 3.19. The predicted molar refractivity (Wildman–Crippen MR) is 85.4 cm³/mol. The zero-order valence-corrected chi connectivity index (χ0v) is 14.4. The van der Waals surface area contributed by atoms with Gasteiger partial charge in [-0.15, -0.1) is 0 Å².